The van der Waals surface area contributed by atoms with Gasteiger partial charge in [0.05, 0.1) is 20.3 Å². The zero-order valence-electron chi connectivity index (χ0n) is 19.2. The third-order valence-electron chi connectivity index (χ3n) is 5.92. The summed E-state index contributed by atoms with van der Waals surface area (Å²) >= 11 is 0. The maximum absolute atomic E-state index is 12.1. The van der Waals surface area contributed by atoms with Crippen LogP contribution in [0, 0.1) is 5.92 Å². The first-order valence-electron chi connectivity index (χ1n) is 11.2. The summed E-state index contributed by atoms with van der Waals surface area (Å²) in [5.74, 6) is 2.34. The van der Waals surface area contributed by atoms with Crippen LogP contribution in [-0.4, -0.2) is 107 Å². The molecule has 172 valence electrons. The highest BCUT2D eigenvalue weighted by Crippen LogP contribution is 2.18. The maximum Gasteiger partial charge on any atom is 0.243 e. The summed E-state index contributed by atoms with van der Waals surface area (Å²) in [5, 5.41) is 3.50. The van der Waals surface area contributed by atoms with E-state index in [1.54, 1.807) is 26.1 Å². The zero-order valence-corrected chi connectivity index (χ0v) is 19.2. The number of carbonyl (C=O) groups is 1. The van der Waals surface area contributed by atoms with Gasteiger partial charge in [0.15, 0.2) is 5.96 Å². The summed E-state index contributed by atoms with van der Waals surface area (Å²) in [6.07, 6.45) is 2.04. The second-order valence-corrected chi connectivity index (χ2v) is 8.47. The zero-order chi connectivity index (χ0) is 22.1. The number of hydrogen-bond donors (Lipinski definition) is 1. The number of likely N-dealkylation sites (tertiary alicyclic amines) is 1. The van der Waals surface area contributed by atoms with E-state index in [4.69, 9.17) is 9.47 Å². The van der Waals surface area contributed by atoms with E-state index in [9.17, 15) is 4.79 Å². The Labute approximate surface area is 186 Å². The molecule has 3 rings (SSSR count). The molecule has 0 aliphatic carbocycles. The topological polar surface area (TPSA) is 69.6 Å². The molecule has 1 aromatic rings. The van der Waals surface area contributed by atoms with Crippen molar-refractivity contribution in [2.24, 2.45) is 10.9 Å². The monoisotopic (exact) mass is 431 g/mol. The van der Waals surface area contributed by atoms with E-state index in [-0.39, 0.29) is 12.5 Å². The Morgan fingerprint density at radius 2 is 1.97 bits per heavy atom. The predicted molar refractivity (Wildman–Crippen MR) is 123 cm³/mol. The average molecular weight is 432 g/mol. The first kappa shape index (κ1) is 23.3. The molecule has 1 unspecified atom stereocenters. The summed E-state index contributed by atoms with van der Waals surface area (Å²) in [6, 6.07) is 8.13. The molecule has 2 heterocycles. The number of nitrogens with zero attached hydrogens (tertiary/aromatic N) is 4. The molecule has 2 aliphatic rings. The van der Waals surface area contributed by atoms with Gasteiger partial charge in [-0.15, -0.1) is 0 Å². The van der Waals surface area contributed by atoms with E-state index in [2.05, 4.69) is 32.2 Å². The molecule has 1 atom stereocenters. The average Bonchev–Trinajstić information content (AvgIpc) is 3.25. The summed E-state index contributed by atoms with van der Waals surface area (Å²) in [6.45, 7) is 7.71. The summed E-state index contributed by atoms with van der Waals surface area (Å²) in [4.78, 5) is 23.1. The molecule has 2 saturated heterocycles. The molecule has 8 nitrogen and oxygen atoms in total. The molecule has 0 bridgehead atoms. The lowest BCUT2D eigenvalue weighted by Gasteiger charge is -2.29. The fourth-order valence-electron chi connectivity index (χ4n) is 3.99. The van der Waals surface area contributed by atoms with Crippen molar-refractivity contribution in [1.29, 1.82) is 0 Å². The Morgan fingerprint density at radius 3 is 2.65 bits per heavy atom. The van der Waals surface area contributed by atoms with Gasteiger partial charge < -0.3 is 24.6 Å². The van der Waals surface area contributed by atoms with Gasteiger partial charge in [0.1, 0.15) is 12.3 Å². The van der Waals surface area contributed by atoms with Crippen molar-refractivity contribution in [1.82, 2.24) is 20.0 Å². The lowest BCUT2D eigenvalue weighted by molar-refractivity contribution is -0.127. The highest BCUT2D eigenvalue weighted by Gasteiger charge is 2.27. The van der Waals surface area contributed by atoms with Gasteiger partial charge in [-0.25, -0.2) is 4.99 Å². The van der Waals surface area contributed by atoms with E-state index >= 15 is 0 Å². The molecule has 2 fully saturated rings. The number of morpholine rings is 1. The predicted octanol–water partition coefficient (Wildman–Crippen LogP) is 0.926. The van der Waals surface area contributed by atoms with Crippen molar-refractivity contribution < 1.29 is 14.3 Å². The number of carbonyl (C=O) groups excluding carboxylic acids is 1. The number of hydrogen-bond acceptors (Lipinski definition) is 5. The van der Waals surface area contributed by atoms with Gasteiger partial charge in [-0.05, 0) is 36.5 Å². The number of guanidine groups is 1. The number of rotatable bonds is 8. The van der Waals surface area contributed by atoms with Crippen LogP contribution in [0.2, 0.25) is 0 Å². The van der Waals surface area contributed by atoms with Gasteiger partial charge in [0.2, 0.25) is 5.91 Å². The Balaban J connectivity index is 1.55. The first-order valence-corrected chi connectivity index (χ1v) is 11.2. The molecule has 8 heteroatoms. The van der Waals surface area contributed by atoms with E-state index < -0.39 is 0 Å². The minimum absolute atomic E-state index is 0.0125. The number of methoxy groups -OCH3 is 1. The molecule has 1 aromatic carbocycles. The van der Waals surface area contributed by atoms with Gasteiger partial charge in [-0.3, -0.25) is 9.69 Å². The van der Waals surface area contributed by atoms with Crippen LogP contribution in [-0.2, 0) is 16.0 Å². The smallest absolute Gasteiger partial charge is 0.243 e. The normalized spacial score (nSPS) is 20.0. The van der Waals surface area contributed by atoms with E-state index in [0.29, 0.717) is 5.92 Å². The second kappa shape index (κ2) is 11.9. The van der Waals surface area contributed by atoms with Crippen LogP contribution < -0.4 is 10.1 Å². The quantitative estimate of drug-likeness (QED) is 0.488. The number of amides is 1. The highest BCUT2D eigenvalue weighted by molar-refractivity contribution is 5.85. The van der Waals surface area contributed by atoms with Crippen molar-refractivity contribution in [3.8, 4) is 5.75 Å². The molecule has 31 heavy (non-hydrogen) atoms. The van der Waals surface area contributed by atoms with Crippen LogP contribution in [0.25, 0.3) is 0 Å². The first-order chi connectivity index (χ1) is 15.0. The number of benzene rings is 1. The molecule has 0 radical (unpaired) electrons. The SMILES string of the molecule is COc1ccc(CCNC(=NCC(=O)N(C)C)N2CCC(CN3CCOCC3)C2)cc1. The third kappa shape index (κ3) is 7.40. The third-order valence-corrected chi connectivity index (χ3v) is 5.92. The van der Waals surface area contributed by atoms with Gasteiger partial charge in [-0.1, -0.05) is 12.1 Å². The number of likely N-dealkylation sites (N-methyl/N-ethyl adjacent to an activating group) is 1. The molecule has 1 N–H and O–H groups in total. The highest BCUT2D eigenvalue weighted by atomic mass is 16.5. The van der Waals surface area contributed by atoms with Crippen molar-refractivity contribution in [2.75, 3.05) is 80.2 Å². The fraction of sp³-hybridized carbons (Fsp3) is 0.652. The second-order valence-electron chi connectivity index (χ2n) is 8.47. The van der Waals surface area contributed by atoms with Crippen molar-refractivity contribution in [3.05, 3.63) is 29.8 Å². The van der Waals surface area contributed by atoms with E-state index in [0.717, 1.165) is 77.0 Å². The summed E-state index contributed by atoms with van der Waals surface area (Å²) in [5.41, 5.74) is 1.24. The molecule has 0 spiro atoms. The van der Waals surface area contributed by atoms with Crippen LogP contribution in [0.4, 0.5) is 0 Å². The van der Waals surface area contributed by atoms with Gasteiger partial charge in [0, 0.05) is 53.4 Å². The van der Waals surface area contributed by atoms with Gasteiger partial charge in [-0.2, -0.15) is 0 Å². The van der Waals surface area contributed by atoms with Crippen molar-refractivity contribution in [3.63, 3.8) is 0 Å². The molecule has 0 aromatic heterocycles. The van der Waals surface area contributed by atoms with Crippen LogP contribution in [0.5, 0.6) is 5.75 Å². The fourth-order valence-corrected chi connectivity index (χ4v) is 3.99. The van der Waals surface area contributed by atoms with Crippen LogP contribution in [0.3, 0.4) is 0 Å². The van der Waals surface area contributed by atoms with Crippen LogP contribution in [0.15, 0.2) is 29.3 Å². The van der Waals surface area contributed by atoms with Crippen LogP contribution >= 0.6 is 0 Å². The summed E-state index contributed by atoms with van der Waals surface area (Å²) in [7, 11) is 5.21. The Morgan fingerprint density at radius 1 is 1.23 bits per heavy atom. The summed E-state index contributed by atoms with van der Waals surface area (Å²) < 4.78 is 10.7. The van der Waals surface area contributed by atoms with Crippen molar-refractivity contribution >= 4 is 11.9 Å². The Kier molecular flexibility index (Phi) is 8.97. The molecular weight excluding hydrogens is 394 g/mol. The lowest BCUT2D eigenvalue weighted by Crippen LogP contribution is -2.43. The molecule has 1 amide bonds. The largest absolute Gasteiger partial charge is 0.497 e. The van der Waals surface area contributed by atoms with E-state index in [1.807, 2.05) is 12.1 Å². The van der Waals surface area contributed by atoms with Crippen LogP contribution in [0.1, 0.15) is 12.0 Å². The van der Waals surface area contributed by atoms with Gasteiger partial charge in [0.25, 0.3) is 0 Å². The molecule has 2 aliphatic heterocycles. The lowest BCUT2D eigenvalue weighted by atomic mass is 10.1. The van der Waals surface area contributed by atoms with Crippen molar-refractivity contribution in [2.45, 2.75) is 12.8 Å². The standard InChI is InChI=1S/C23H37N5O3/c1-26(2)22(29)16-25-23(24-10-8-19-4-6-21(30-3)7-5-19)28-11-9-20(18-28)17-27-12-14-31-15-13-27/h4-7,20H,8-18H2,1-3H3,(H,24,25). The van der Waals surface area contributed by atoms with Gasteiger partial charge >= 0.3 is 0 Å². The number of nitrogens with one attached hydrogen (secondary N) is 1. The molecular formula is C23H37N5O3. The van der Waals surface area contributed by atoms with E-state index in [1.165, 1.54) is 5.56 Å². The number of aliphatic imine (C=N–C) groups is 1. The Hall–Kier alpha value is -2.32. The maximum atomic E-state index is 12.1. The molecule has 0 saturated carbocycles. The minimum atomic E-state index is 0.0125. The number of ether oxygens (including phenoxy) is 2. The minimum Gasteiger partial charge on any atom is -0.497 e. The Bertz CT molecular complexity index is 716.